The Labute approximate surface area is 73.6 Å². The maximum Gasteiger partial charge on any atom is 0.346 e. The molecule has 0 atom stereocenters. The molecule has 0 fully saturated rings. The average molecular weight is 187 g/mol. The Kier molecular flexibility index (Phi) is 2.75. The number of aromatic hydroxyl groups is 1. The van der Waals surface area contributed by atoms with E-state index in [-0.39, 0.29) is 16.7 Å². The third-order valence-corrected chi connectivity index (χ3v) is 2.00. The summed E-state index contributed by atoms with van der Waals surface area (Å²) in [6, 6.07) is 0. The van der Waals surface area contributed by atoms with E-state index in [0.717, 1.165) is 5.75 Å². The van der Waals surface area contributed by atoms with E-state index >= 15 is 0 Å². The Bertz CT molecular complexity index is 334. The molecule has 0 radical (unpaired) electrons. The van der Waals surface area contributed by atoms with Crippen molar-refractivity contribution < 1.29 is 9.52 Å². The predicted octanol–water partition coefficient (Wildman–Crippen LogP) is 1.16. The van der Waals surface area contributed by atoms with Gasteiger partial charge in [0.15, 0.2) is 0 Å². The Balaban J connectivity index is 3.13. The first-order valence-electron chi connectivity index (χ1n) is 3.48. The van der Waals surface area contributed by atoms with Crippen molar-refractivity contribution in [3.8, 4) is 5.88 Å². The van der Waals surface area contributed by atoms with Crippen LogP contribution in [0.25, 0.3) is 0 Å². The Hall–Kier alpha value is -0.970. The highest BCUT2D eigenvalue weighted by molar-refractivity contribution is 7.99. The van der Waals surface area contributed by atoms with Crippen molar-refractivity contribution in [3.05, 3.63) is 16.0 Å². The molecule has 5 heteroatoms. The summed E-state index contributed by atoms with van der Waals surface area (Å²) < 4.78 is 4.77. The minimum absolute atomic E-state index is 0.149. The summed E-state index contributed by atoms with van der Waals surface area (Å²) in [7, 11) is 0. The van der Waals surface area contributed by atoms with Gasteiger partial charge in [-0.1, -0.05) is 18.7 Å². The molecule has 0 aliphatic carbocycles. The van der Waals surface area contributed by atoms with E-state index in [9.17, 15) is 4.79 Å². The van der Waals surface area contributed by atoms with E-state index < -0.39 is 5.63 Å². The van der Waals surface area contributed by atoms with Crippen molar-refractivity contribution in [3.63, 3.8) is 0 Å². The third kappa shape index (κ3) is 1.79. The van der Waals surface area contributed by atoms with Gasteiger partial charge < -0.3 is 9.52 Å². The van der Waals surface area contributed by atoms with Gasteiger partial charge in [-0.3, -0.25) is 0 Å². The molecule has 1 rings (SSSR count). The number of rotatable bonds is 2. The largest absolute Gasteiger partial charge is 0.493 e. The first-order valence-corrected chi connectivity index (χ1v) is 4.47. The van der Waals surface area contributed by atoms with Gasteiger partial charge in [0.2, 0.25) is 5.88 Å². The van der Waals surface area contributed by atoms with Crippen LogP contribution in [0.5, 0.6) is 5.88 Å². The van der Waals surface area contributed by atoms with Gasteiger partial charge in [-0.2, -0.15) is 4.98 Å². The summed E-state index contributed by atoms with van der Waals surface area (Å²) in [6.07, 6.45) is 0. The van der Waals surface area contributed by atoms with E-state index in [2.05, 4.69) is 4.98 Å². The minimum Gasteiger partial charge on any atom is -0.493 e. The summed E-state index contributed by atoms with van der Waals surface area (Å²) in [5.74, 6) is 0.500. The number of hydrogen-bond acceptors (Lipinski definition) is 5. The molecule has 0 amide bonds. The lowest BCUT2D eigenvalue weighted by molar-refractivity contribution is 0.347. The van der Waals surface area contributed by atoms with Gasteiger partial charge in [-0.25, -0.2) is 4.79 Å². The van der Waals surface area contributed by atoms with E-state index in [4.69, 9.17) is 9.52 Å². The van der Waals surface area contributed by atoms with Crippen LogP contribution in [0.4, 0.5) is 0 Å². The highest BCUT2D eigenvalue weighted by Gasteiger charge is 2.07. The maximum atomic E-state index is 11.0. The first kappa shape index (κ1) is 9.12. The Morgan fingerprint density at radius 1 is 1.67 bits per heavy atom. The zero-order chi connectivity index (χ0) is 9.14. The highest BCUT2D eigenvalue weighted by atomic mass is 32.2. The lowest BCUT2D eigenvalue weighted by atomic mass is 10.4. The topological polar surface area (TPSA) is 63.3 Å². The number of nitrogens with zero attached hydrogens (tertiary/aromatic N) is 1. The molecular weight excluding hydrogens is 178 g/mol. The molecule has 12 heavy (non-hydrogen) atoms. The van der Waals surface area contributed by atoms with Crippen molar-refractivity contribution in [2.24, 2.45) is 0 Å². The van der Waals surface area contributed by atoms with E-state index in [1.165, 1.54) is 18.7 Å². The second-order valence-electron chi connectivity index (χ2n) is 2.15. The molecule has 1 N–H and O–H groups in total. The lowest BCUT2D eigenvalue weighted by Crippen LogP contribution is -2.05. The molecule has 1 heterocycles. The summed E-state index contributed by atoms with van der Waals surface area (Å²) in [5.41, 5.74) is -0.381. The van der Waals surface area contributed by atoms with Crippen molar-refractivity contribution >= 4 is 11.8 Å². The van der Waals surface area contributed by atoms with Crippen LogP contribution >= 0.6 is 11.8 Å². The summed E-state index contributed by atoms with van der Waals surface area (Å²) in [5, 5.41) is 9.34. The number of thioether (sulfide) groups is 1. The molecule has 0 saturated carbocycles. The van der Waals surface area contributed by atoms with Crippen LogP contribution in [-0.2, 0) is 0 Å². The van der Waals surface area contributed by atoms with E-state index in [1.807, 2.05) is 6.92 Å². The van der Waals surface area contributed by atoms with E-state index in [0.29, 0.717) is 0 Å². The zero-order valence-electron chi connectivity index (χ0n) is 6.83. The van der Waals surface area contributed by atoms with Gasteiger partial charge in [-0.05, 0) is 12.7 Å². The molecule has 0 aliphatic rings. The second-order valence-corrected chi connectivity index (χ2v) is 3.36. The molecular formula is C7H9NO3S. The smallest absolute Gasteiger partial charge is 0.346 e. The predicted molar refractivity (Wildman–Crippen MR) is 45.6 cm³/mol. The average Bonchev–Trinajstić information content (AvgIpc) is 2.01. The van der Waals surface area contributed by atoms with Gasteiger partial charge in [0.25, 0.3) is 5.22 Å². The molecule has 1 aromatic heterocycles. The van der Waals surface area contributed by atoms with Gasteiger partial charge in [0.05, 0.1) is 5.56 Å². The Morgan fingerprint density at radius 3 is 2.83 bits per heavy atom. The fourth-order valence-corrected chi connectivity index (χ4v) is 1.16. The van der Waals surface area contributed by atoms with Crippen LogP contribution in [0.3, 0.4) is 0 Å². The molecule has 66 valence electrons. The molecule has 0 bridgehead atoms. The minimum atomic E-state index is -0.529. The van der Waals surface area contributed by atoms with Crippen molar-refractivity contribution in [1.82, 2.24) is 4.98 Å². The second kappa shape index (κ2) is 3.62. The monoisotopic (exact) mass is 187 g/mol. The van der Waals surface area contributed by atoms with Crippen LogP contribution in [0, 0.1) is 6.92 Å². The van der Waals surface area contributed by atoms with Crippen LogP contribution < -0.4 is 5.63 Å². The van der Waals surface area contributed by atoms with Crippen molar-refractivity contribution in [1.29, 1.82) is 0 Å². The normalized spacial score (nSPS) is 10.2. The molecule has 0 saturated heterocycles. The fraction of sp³-hybridized carbons (Fsp3) is 0.429. The molecule has 0 aliphatic heterocycles. The number of aromatic nitrogens is 1. The molecule has 0 unspecified atom stereocenters. The third-order valence-electron chi connectivity index (χ3n) is 1.29. The van der Waals surface area contributed by atoms with Crippen molar-refractivity contribution in [2.45, 2.75) is 19.1 Å². The zero-order valence-corrected chi connectivity index (χ0v) is 7.64. The van der Waals surface area contributed by atoms with Gasteiger partial charge in [0.1, 0.15) is 0 Å². The van der Waals surface area contributed by atoms with Gasteiger partial charge in [-0.15, -0.1) is 0 Å². The molecule has 0 aromatic carbocycles. The summed E-state index contributed by atoms with van der Waals surface area (Å²) in [6.45, 7) is 3.37. The molecule has 1 aromatic rings. The van der Waals surface area contributed by atoms with Gasteiger partial charge in [0, 0.05) is 0 Å². The molecule has 4 nitrogen and oxygen atoms in total. The Morgan fingerprint density at radius 2 is 2.33 bits per heavy atom. The number of hydrogen-bond donors (Lipinski definition) is 1. The van der Waals surface area contributed by atoms with Crippen LogP contribution in [0.15, 0.2) is 14.4 Å². The van der Waals surface area contributed by atoms with Crippen LogP contribution in [-0.4, -0.2) is 15.8 Å². The van der Waals surface area contributed by atoms with E-state index in [1.54, 1.807) is 0 Å². The summed E-state index contributed by atoms with van der Waals surface area (Å²) >= 11 is 1.27. The van der Waals surface area contributed by atoms with Gasteiger partial charge >= 0.3 is 5.63 Å². The fourth-order valence-electron chi connectivity index (χ4n) is 0.625. The standard InChI is InChI=1S/C7H9NO3S/c1-3-12-7-8-5(9)4(2)6(10)11-7/h9H,3H2,1-2H3. The quantitative estimate of drug-likeness (QED) is 0.704. The van der Waals surface area contributed by atoms with Crippen molar-refractivity contribution in [2.75, 3.05) is 5.75 Å². The molecule has 0 spiro atoms. The first-order chi connectivity index (χ1) is 5.65. The van der Waals surface area contributed by atoms with Crippen LogP contribution in [0.2, 0.25) is 0 Å². The van der Waals surface area contributed by atoms with Crippen LogP contribution in [0.1, 0.15) is 12.5 Å². The summed E-state index contributed by atoms with van der Waals surface area (Å²) in [4.78, 5) is 14.6. The maximum absolute atomic E-state index is 11.0. The SMILES string of the molecule is CCSc1nc(O)c(C)c(=O)o1. The highest BCUT2D eigenvalue weighted by Crippen LogP contribution is 2.17. The lowest BCUT2D eigenvalue weighted by Gasteiger charge is -1.97.